The van der Waals surface area contributed by atoms with Crippen molar-refractivity contribution in [2.24, 2.45) is 22.7 Å². The minimum atomic E-state index is -2.03. The molecule has 7 nitrogen and oxygen atoms in total. The molecular weight excluding hydrogens is 328 g/mol. The Bertz CT molecular complexity index is 738. The van der Waals surface area contributed by atoms with Crippen molar-refractivity contribution in [1.82, 2.24) is 0 Å². The first-order valence-electron chi connectivity index (χ1n) is 8.31. The van der Waals surface area contributed by atoms with Crippen molar-refractivity contribution >= 4 is 23.1 Å². The number of rotatable bonds is 2. The number of ether oxygens (including phenoxy) is 1. The van der Waals surface area contributed by atoms with E-state index in [2.05, 4.69) is 0 Å². The van der Waals surface area contributed by atoms with Gasteiger partial charge in [-0.15, -0.1) is 0 Å². The summed E-state index contributed by atoms with van der Waals surface area (Å²) in [5.74, 6) is -6.74. The normalized spacial score (nSPS) is 46.0. The summed E-state index contributed by atoms with van der Waals surface area (Å²) >= 11 is 0. The molecule has 136 valence electrons. The fraction of sp³-hybridized carbons (Fsp3) is 0.667. The maximum atomic E-state index is 13.0. The minimum absolute atomic E-state index is 0.0169. The van der Waals surface area contributed by atoms with Crippen molar-refractivity contribution in [2.75, 3.05) is 0 Å². The molecule has 6 atom stereocenters. The molecule has 0 amide bonds. The molecule has 1 heterocycles. The smallest absolute Gasteiger partial charge is 0.224 e. The first-order valence-corrected chi connectivity index (χ1v) is 8.31. The van der Waals surface area contributed by atoms with Crippen LogP contribution in [0.25, 0.3) is 0 Å². The molecule has 0 aromatic carbocycles. The molecule has 0 radical (unpaired) electrons. The second-order valence-electron chi connectivity index (χ2n) is 7.85. The molecule has 0 spiro atoms. The molecular formula is C18H22O7. The molecule has 1 saturated carbocycles. The fourth-order valence-electron chi connectivity index (χ4n) is 4.67. The summed E-state index contributed by atoms with van der Waals surface area (Å²) < 4.78 is 5.69. The molecule has 3 aliphatic rings. The van der Waals surface area contributed by atoms with Crippen LogP contribution in [-0.4, -0.2) is 45.2 Å². The van der Waals surface area contributed by atoms with Gasteiger partial charge in [0.05, 0.1) is 16.9 Å². The van der Waals surface area contributed by atoms with Crippen molar-refractivity contribution in [3.05, 3.63) is 11.8 Å². The van der Waals surface area contributed by atoms with E-state index in [0.29, 0.717) is 0 Å². The van der Waals surface area contributed by atoms with Gasteiger partial charge in [-0.3, -0.25) is 19.2 Å². The maximum Gasteiger partial charge on any atom is 0.224 e. The molecule has 0 aromatic rings. The van der Waals surface area contributed by atoms with Gasteiger partial charge in [0.25, 0.3) is 0 Å². The van der Waals surface area contributed by atoms with Gasteiger partial charge in [-0.1, -0.05) is 0 Å². The monoisotopic (exact) mass is 350 g/mol. The number of fused-ring (bicyclic) bond motifs is 3. The number of hydrogen-bond acceptors (Lipinski definition) is 7. The molecule has 1 aliphatic heterocycles. The summed E-state index contributed by atoms with van der Waals surface area (Å²) in [6, 6.07) is 0. The van der Waals surface area contributed by atoms with Crippen LogP contribution in [0.5, 0.6) is 0 Å². The van der Waals surface area contributed by atoms with E-state index in [4.69, 9.17) is 4.74 Å². The fourth-order valence-corrected chi connectivity index (χ4v) is 4.67. The predicted octanol–water partition coefficient (Wildman–Crippen LogP) is 0.319. The Balaban J connectivity index is 2.21. The Labute approximate surface area is 145 Å². The Morgan fingerprint density at radius 2 is 1.84 bits per heavy atom. The third kappa shape index (κ3) is 1.99. The van der Waals surface area contributed by atoms with Crippen LogP contribution in [0.4, 0.5) is 0 Å². The number of ketones is 4. The first-order chi connectivity index (χ1) is 11.4. The minimum Gasteiger partial charge on any atom is -0.464 e. The topological polar surface area (TPSA) is 118 Å². The summed E-state index contributed by atoms with van der Waals surface area (Å²) in [5.41, 5.74) is -2.89. The zero-order valence-corrected chi connectivity index (χ0v) is 14.7. The zero-order valence-electron chi connectivity index (χ0n) is 14.7. The van der Waals surface area contributed by atoms with Crippen LogP contribution in [-0.2, 0) is 23.9 Å². The average Bonchev–Trinajstić information content (AvgIpc) is 2.70. The lowest BCUT2D eigenvalue weighted by atomic mass is 9.54. The number of aliphatic hydroxyl groups is 2. The number of carbonyl (C=O) groups excluding carboxylic acids is 4. The highest BCUT2D eigenvalue weighted by atomic mass is 16.6. The SMILES string of the molecule is CC(=O)C1C(=O)C=C2OC3(O)C(CC(O)CC3(C)C(C)=O)C2(C)C1=O. The molecule has 25 heavy (non-hydrogen) atoms. The predicted molar refractivity (Wildman–Crippen MR) is 83.9 cm³/mol. The molecule has 6 unspecified atom stereocenters. The van der Waals surface area contributed by atoms with Gasteiger partial charge in [0.15, 0.2) is 11.6 Å². The van der Waals surface area contributed by atoms with Gasteiger partial charge >= 0.3 is 0 Å². The van der Waals surface area contributed by atoms with E-state index in [-0.39, 0.29) is 24.4 Å². The number of carbonyl (C=O) groups is 4. The molecule has 1 saturated heterocycles. The lowest BCUT2D eigenvalue weighted by Crippen LogP contribution is -2.62. The highest BCUT2D eigenvalue weighted by Gasteiger charge is 2.74. The van der Waals surface area contributed by atoms with Crippen LogP contribution in [0.1, 0.15) is 40.5 Å². The second-order valence-corrected chi connectivity index (χ2v) is 7.85. The third-order valence-corrected chi connectivity index (χ3v) is 6.40. The Kier molecular flexibility index (Phi) is 3.65. The third-order valence-electron chi connectivity index (χ3n) is 6.40. The van der Waals surface area contributed by atoms with Gasteiger partial charge in [0, 0.05) is 12.0 Å². The molecule has 2 fully saturated rings. The van der Waals surface area contributed by atoms with Crippen LogP contribution >= 0.6 is 0 Å². The number of aliphatic hydroxyl groups excluding tert-OH is 1. The van der Waals surface area contributed by atoms with Gasteiger partial charge in [0.1, 0.15) is 23.2 Å². The molecule has 0 aromatic heterocycles. The van der Waals surface area contributed by atoms with Gasteiger partial charge in [-0.2, -0.15) is 0 Å². The molecule has 2 aliphatic carbocycles. The molecule has 7 heteroatoms. The summed E-state index contributed by atoms with van der Waals surface area (Å²) in [6.07, 6.45) is 0.172. The number of hydrogen-bond donors (Lipinski definition) is 2. The highest BCUT2D eigenvalue weighted by Crippen LogP contribution is 2.64. The van der Waals surface area contributed by atoms with Gasteiger partial charge in [-0.05, 0) is 40.5 Å². The first kappa shape index (κ1) is 17.9. The lowest BCUT2D eigenvalue weighted by molar-refractivity contribution is -0.274. The highest BCUT2D eigenvalue weighted by molar-refractivity contribution is 6.25. The lowest BCUT2D eigenvalue weighted by Gasteiger charge is -2.49. The Hall–Kier alpha value is -1.86. The van der Waals surface area contributed by atoms with Crippen LogP contribution in [0.3, 0.4) is 0 Å². The van der Waals surface area contributed by atoms with Crippen molar-refractivity contribution in [3.8, 4) is 0 Å². The quantitative estimate of drug-likeness (QED) is 0.689. The molecule has 3 rings (SSSR count). The van der Waals surface area contributed by atoms with E-state index < -0.39 is 51.9 Å². The number of allylic oxidation sites excluding steroid dienone is 2. The molecule has 2 N–H and O–H groups in total. The van der Waals surface area contributed by atoms with E-state index in [1.54, 1.807) is 0 Å². The van der Waals surface area contributed by atoms with E-state index in [1.165, 1.54) is 27.7 Å². The van der Waals surface area contributed by atoms with Crippen LogP contribution in [0.2, 0.25) is 0 Å². The average molecular weight is 350 g/mol. The van der Waals surface area contributed by atoms with Crippen LogP contribution < -0.4 is 0 Å². The van der Waals surface area contributed by atoms with Gasteiger partial charge < -0.3 is 14.9 Å². The van der Waals surface area contributed by atoms with Gasteiger partial charge in [-0.25, -0.2) is 0 Å². The van der Waals surface area contributed by atoms with E-state index in [0.717, 1.165) is 6.08 Å². The van der Waals surface area contributed by atoms with Crippen molar-refractivity contribution in [1.29, 1.82) is 0 Å². The summed E-state index contributed by atoms with van der Waals surface area (Å²) in [4.78, 5) is 49.3. The number of Topliss-reactive ketones (excluding diaryl/α,β-unsaturated/α-hetero) is 3. The zero-order chi connectivity index (χ0) is 18.9. The molecule has 0 bridgehead atoms. The van der Waals surface area contributed by atoms with Gasteiger partial charge in [0.2, 0.25) is 5.79 Å². The largest absolute Gasteiger partial charge is 0.464 e. The van der Waals surface area contributed by atoms with E-state index in [9.17, 15) is 29.4 Å². The maximum absolute atomic E-state index is 13.0. The summed E-state index contributed by atoms with van der Waals surface area (Å²) in [5, 5.41) is 21.6. The van der Waals surface area contributed by atoms with E-state index >= 15 is 0 Å². The summed E-state index contributed by atoms with van der Waals surface area (Å²) in [7, 11) is 0. The van der Waals surface area contributed by atoms with Crippen molar-refractivity contribution in [2.45, 2.75) is 52.4 Å². The Morgan fingerprint density at radius 3 is 2.36 bits per heavy atom. The summed E-state index contributed by atoms with van der Waals surface area (Å²) in [6.45, 7) is 5.45. The second kappa shape index (κ2) is 5.08. The van der Waals surface area contributed by atoms with Crippen LogP contribution in [0, 0.1) is 22.7 Å². The van der Waals surface area contributed by atoms with Crippen LogP contribution in [0.15, 0.2) is 11.8 Å². The standard InChI is InChI=1S/C18H22O7/c1-8(19)14-11(22)6-13-17(4,15(14)23)12-5-10(21)7-16(3,9(2)20)18(12,24)25-13/h6,10,12,14,21,24H,5,7H2,1-4H3. The van der Waals surface area contributed by atoms with E-state index in [1.807, 2.05) is 0 Å². The van der Waals surface area contributed by atoms with Crippen molar-refractivity contribution < 1.29 is 34.1 Å². The Morgan fingerprint density at radius 1 is 1.24 bits per heavy atom. The van der Waals surface area contributed by atoms with Crippen molar-refractivity contribution in [3.63, 3.8) is 0 Å².